The first-order valence-corrected chi connectivity index (χ1v) is 7.25. The minimum absolute atomic E-state index is 0.0189. The maximum Gasteiger partial charge on any atom is 0.162 e. The third kappa shape index (κ3) is 2.53. The molecular weight excluding hydrogens is 274 g/mol. The highest BCUT2D eigenvalue weighted by molar-refractivity contribution is 5.84. The van der Waals surface area contributed by atoms with Crippen LogP contribution in [-0.2, 0) is 0 Å². The second-order valence-corrected chi connectivity index (χ2v) is 5.44. The normalized spacial score (nSPS) is 18.6. The van der Waals surface area contributed by atoms with Gasteiger partial charge in [-0.2, -0.15) is 10.4 Å². The van der Waals surface area contributed by atoms with Crippen LogP contribution in [0.4, 0.5) is 0 Å². The minimum atomic E-state index is -0.608. The molecule has 4 nitrogen and oxygen atoms in total. The van der Waals surface area contributed by atoms with Crippen LogP contribution in [-0.4, -0.2) is 15.8 Å². The number of aromatic hydroxyl groups is 1. The van der Waals surface area contributed by atoms with Gasteiger partial charge in [0.1, 0.15) is 5.75 Å². The minimum Gasteiger partial charge on any atom is -0.508 e. The van der Waals surface area contributed by atoms with Gasteiger partial charge in [-0.05, 0) is 18.6 Å². The fourth-order valence-electron chi connectivity index (χ4n) is 2.85. The summed E-state index contributed by atoms with van der Waals surface area (Å²) < 4.78 is 0. The van der Waals surface area contributed by atoms with Gasteiger partial charge < -0.3 is 5.11 Å². The molecule has 1 heterocycles. The van der Waals surface area contributed by atoms with E-state index >= 15 is 0 Å². The summed E-state index contributed by atoms with van der Waals surface area (Å²) in [6.07, 6.45) is 0.787. The first-order valence-electron chi connectivity index (χ1n) is 7.25. The third-order valence-electron chi connectivity index (χ3n) is 3.90. The van der Waals surface area contributed by atoms with Crippen LogP contribution < -0.4 is 0 Å². The molecular formula is C18H17N3O. The Bertz CT molecular complexity index is 733. The molecule has 3 rings (SSSR count). The molecule has 1 N–H and O–H groups in total. The summed E-state index contributed by atoms with van der Waals surface area (Å²) in [7, 11) is 0. The average molecular weight is 291 g/mol. The highest BCUT2D eigenvalue weighted by Gasteiger charge is 2.33. The van der Waals surface area contributed by atoms with Crippen molar-refractivity contribution in [2.75, 3.05) is 0 Å². The van der Waals surface area contributed by atoms with Crippen molar-refractivity contribution in [2.45, 2.75) is 25.4 Å². The molecule has 1 aliphatic rings. The largest absolute Gasteiger partial charge is 0.508 e. The van der Waals surface area contributed by atoms with E-state index < -0.39 is 6.04 Å². The molecule has 0 aromatic heterocycles. The van der Waals surface area contributed by atoms with Gasteiger partial charge in [-0.25, -0.2) is 0 Å². The predicted octanol–water partition coefficient (Wildman–Crippen LogP) is 3.78. The molecule has 0 saturated heterocycles. The maximum atomic E-state index is 10.1. The number of nitriles is 1. The smallest absolute Gasteiger partial charge is 0.162 e. The van der Waals surface area contributed by atoms with Crippen molar-refractivity contribution >= 4 is 5.71 Å². The molecule has 0 saturated carbocycles. The van der Waals surface area contributed by atoms with Gasteiger partial charge in [-0.15, -0.1) is 0 Å². The first kappa shape index (κ1) is 14.2. The lowest BCUT2D eigenvalue weighted by molar-refractivity contribution is 0.194. The molecule has 0 bridgehead atoms. The average Bonchev–Trinajstić information content (AvgIpc) is 2.92. The highest BCUT2D eigenvalue weighted by Crippen LogP contribution is 2.39. The van der Waals surface area contributed by atoms with Crippen LogP contribution in [0.25, 0.3) is 0 Å². The summed E-state index contributed by atoms with van der Waals surface area (Å²) in [6.45, 7) is 1.97. The standard InChI is InChI=1S/C18H17N3O/c1-13-11-16(14-7-3-2-4-8-14)21(20-13)17(12-19)15-9-5-6-10-18(15)22/h2-10,16-17,22H,11H2,1H3/t16-,17+/m0/s1. The van der Waals surface area contributed by atoms with Crippen molar-refractivity contribution in [2.24, 2.45) is 5.10 Å². The van der Waals surface area contributed by atoms with Gasteiger partial charge >= 0.3 is 0 Å². The SMILES string of the molecule is CC1=NN([C@H](C#N)c2ccccc2O)[C@H](c2ccccc2)C1. The van der Waals surface area contributed by atoms with Gasteiger partial charge in [0, 0.05) is 17.7 Å². The maximum absolute atomic E-state index is 10.1. The van der Waals surface area contributed by atoms with Gasteiger partial charge in [0.2, 0.25) is 0 Å². The number of para-hydroxylation sites is 1. The fraction of sp³-hybridized carbons (Fsp3) is 0.222. The molecule has 2 aromatic carbocycles. The number of phenols is 1. The molecule has 1 aliphatic heterocycles. The molecule has 0 spiro atoms. The van der Waals surface area contributed by atoms with E-state index in [1.165, 1.54) is 0 Å². The Labute approximate surface area is 129 Å². The van der Waals surface area contributed by atoms with E-state index in [2.05, 4.69) is 11.2 Å². The molecule has 0 unspecified atom stereocenters. The molecule has 2 atom stereocenters. The monoisotopic (exact) mass is 291 g/mol. The number of hydrogen-bond acceptors (Lipinski definition) is 4. The van der Waals surface area contributed by atoms with Gasteiger partial charge in [-0.1, -0.05) is 48.5 Å². The molecule has 0 amide bonds. The lowest BCUT2D eigenvalue weighted by Gasteiger charge is -2.28. The number of rotatable bonds is 3. The Hall–Kier alpha value is -2.80. The van der Waals surface area contributed by atoms with Crippen molar-refractivity contribution in [1.82, 2.24) is 5.01 Å². The van der Waals surface area contributed by atoms with E-state index in [1.807, 2.05) is 43.3 Å². The number of phenolic OH excluding ortho intramolecular Hbond substituents is 1. The first-order chi connectivity index (χ1) is 10.7. The van der Waals surface area contributed by atoms with E-state index in [4.69, 9.17) is 0 Å². The molecule has 4 heteroatoms. The summed E-state index contributed by atoms with van der Waals surface area (Å²) >= 11 is 0. The van der Waals surface area contributed by atoms with Crippen molar-refractivity contribution in [3.05, 3.63) is 65.7 Å². The van der Waals surface area contributed by atoms with Crippen LogP contribution in [0.3, 0.4) is 0 Å². The van der Waals surface area contributed by atoms with E-state index in [0.29, 0.717) is 5.56 Å². The molecule has 0 radical (unpaired) electrons. The quantitative estimate of drug-likeness (QED) is 0.936. The van der Waals surface area contributed by atoms with Crippen LogP contribution in [0.2, 0.25) is 0 Å². The highest BCUT2D eigenvalue weighted by atomic mass is 16.3. The zero-order chi connectivity index (χ0) is 15.5. The van der Waals surface area contributed by atoms with Crippen LogP contribution in [0.5, 0.6) is 5.75 Å². The predicted molar refractivity (Wildman–Crippen MR) is 85.2 cm³/mol. The number of nitrogens with zero attached hydrogens (tertiary/aromatic N) is 3. The summed E-state index contributed by atoms with van der Waals surface area (Å²) in [4.78, 5) is 0. The van der Waals surface area contributed by atoms with Crippen LogP contribution >= 0.6 is 0 Å². The summed E-state index contributed by atoms with van der Waals surface area (Å²) in [5.41, 5.74) is 2.70. The lowest BCUT2D eigenvalue weighted by atomic mass is 9.99. The van der Waals surface area contributed by atoms with E-state index in [9.17, 15) is 10.4 Å². The number of hydrogen-bond donors (Lipinski definition) is 1. The Kier molecular flexibility index (Phi) is 3.80. The van der Waals surface area contributed by atoms with Gasteiger partial charge in [0.05, 0.1) is 12.1 Å². The lowest BCUT2D eigenvalue weighted by Crippen LogP contribution is -2.24. The van der Waals surface area contributed by atoms with Crippen molar-refractivity contribution < 1.29 is 5.11 Å². The zero-order valence-corrected chi connectivity index (χ0v) is 12.3. The van der Waals surface area contributed by atoms with Crippen LogP contribution in [0.15, 0.2) is 59.7 Å². The molecule has 2 aromatic rings. The number of hydrazone groups is 1. The summed E-state index contributed by atoms with van der Waals surface area (Å²) in [5.74, 6) is 0.126. The van der Waals surface area contributed by atoms with E-state index in [1.54, 1.807) is 23.2 Å². The zero-order valence-electron chi connectivity index (χ0n) is 12.3. The summed E-state index contributed by atoms with van der Waals surface area (Å²) in [6, 6.07) is 18.7. The number of benzene rings is 2. The summed E-state index contributed by atoms with van der Waals surface area (Å²) in [5, 5.41) is 26.1. The van der Waals surface area contributed by atoms with Gasteiger partial charge in [0.15, 0.2) is 6.04 Å². The van der Waals surface area contributed by atoms with Crippen LogP contribution in [0.1, 0.15) is 36.6 Å². The Morgan fingerprint density at radius 3 is 2.55 bits per heavy atom. The molecule has 0 fully saturated rings. The topological polar surface area (TPSA) is 59.6 Å². The van der Waals surface area contributed by atoms with Crippen molar-refractivity contribution in [1.29, 1.82) is 5.26 Å². The van der Waals surface area contributed by atoms with Crippen molar-refractivity contribution in [3.63, 3.8) is 0 Å². The fourth-order valence-corrected chi connectivity index (χ4v) is 2.85. The third-order valence-corrected chi connectivity index (χ3v) is 3.90. The van der Waals surface area contributed by atoms with Crippen molar-refractivity contribution in [3.8, 4) is 11.8 Å². The Morgan fingerprint density at radius 2 is 1.86 bits per heavy atom. The molecule has 22 heavy (non-hydrogen) atoms. The van der Waals surface area contributed by atoms with Crippen LogP contribution in [0, 0.1) is 11.3 Å². The second-order valence-electron chi connectivity index (χ2n) is 5.44. The van der Waals surface area contributed by atoms with E-state index in [0.717, 1.165) is 17.7 Å². The van der Waals surface area contributed by atoms with Gasteiger partial charge in [0.25, 0.3) is 0 Å². The Morgan fingerprint density at radius 1 is 1.18 bits per heavy atom. The second kappa shape index (κ2) is 5.90. The van der Waals surface area contributed by atoms with E-state index in [-0.39, 0.29) is 11.8 Å². The molecule has 110 valence electrons. The Balaban J connectivity index is 2.00. The molecule has 0 aliphatic carbocycles. The van der Waals surface area contributed by atoms with Gasteiger partial charge in [-0.3, -0.25) is 5.01 Å².